The Morgan fingerprint density at radius 1 is 0.968 bits per heavy atom. The molecule has 0 saturated carbocycles. The first-order chi connectivity index (χ1) is 29.6. The van der Waals surface area contributed by atoms with Crippen molar-refractivity contribution in [3.05, 3.63) is 65.2 Å². The topological polar surface area (TPSA) is 274 Å². The molecule has 3 aliphatic heterocycles. The maximum absolute atomic E-state index is 16.9. The van der Waals surface area contributed by atoms with Crippen molar-refractivity contribution >= 4 is 84.7 Å². The Morgan fingerprint density at radius 3 is 2.29 bits per heavy atom. The van der Waals surface area contributed by atoms with Gasteiger partial charge in [0.15, 0.2) is 0 Å². The van der Waals surface area contributed by atoms with Crippen LogP contribution in [0.15, 0.2) is 54.1 Å². The first-order valence-corrected chi connectivity index (χ1v) is 24.9. The molecule has 4 aromatic heterocycles. The Bertz CT molecular complexity index is 2570. The van der Waals surface area contributed by atoms with E-state index >= 15 is 8.78 Å². The number of fused-ring (bicyclic) bond motifs is 4. The number of benzene rings is 1. The molecule has 3 aliphatic rings. The predicted octanol–water partition coefficient (Wildman–Crippen LogP) is 3.70. The molecule has 8 atom stereocenters. The normalized spacial score (nSPS) is 28.2. The zero-order valence-electron chi connectivity index (χ0n) is 32.4. The summed E-state index contributed by atoms with van der Waals surface area (Å²) in [5.74, 6) is -1.57. The fraction of sp³-hybridized carbons (Fsp3) is 0.441. The third-order valence-electron chi connectivity index (χ3n) is 9.85. The Balaban J connectivity index is 1.07. The van der Waals surface area contributed by atoms with E-state index in [-0.39, 0.29) is 47.1 Å². The first kappa shape index (κ1) is 44.3. The number of amides is 2. The summed E-state index contributed by atoms with van der Waals surface area (Å²) in [5.41, 5.74) is -0.558. The van der Waals surface area contributed by atoms with Gasteiger partial charge in [-0.3, -0.25) is 0 Å². The molecule has 5 aromatic rings. The number of carbonyl (C=O) groups excluding carboxylic acids is 2. The number of nitriles is 1. The first-order valence-electron chi connectivity index (χ1n) is 18.9. The fourth-order valence-corrected chi connectivity index (χ4v) is 10.9. The van der Waals surface area contributed by atoms with E-state index < -0.39 is 100 Å². The number of nitrogens with zero attached hydrogens (tertiary/aromatic N) is 8. The molecule has 3 fully saturated rings. The number of aromatic nitrogens is 8. The number of halogens is 2. The van der Waals surface area contributed by atoms with Crippen molar-refractivity contribution in [2.75, 3.05) is 30.5 Å². The van der Waals surface area contributed by atoms with Crippen molar-refractivity contribution in [1.82, 2.24) is 39.0 Å². The molecule has 28 heteroatoms. The standard InChI is InChI=1S/C34H39F2N11O11P2S2/c1-16(2)29(48)44-34-43-28-23(31(50)45-34)41-15-47(28)33-20(35)24-19(56-33)12-54-60(62,52-10-6-9-37)58-25-18(11-53-59(51,61)57-24)55-32(21(25)36)46-14-40-22-26(38-13-39-27(22)46)42-30(49)17-7-4-3-5-8-17/h3-5,7-8,13-16,18-21,24-25,32-33,51,59-62H,6,10-12H2,1-2H3,(H,38,39,42,49)(H2,43,44,45,48,50)/t18-,19-,20-,21-,24-,25-,32-,33-/m1/s1. The molecular formula is C34H39F2N11O11P2S2. The minimum atomic E-state index is -4.67. The molecule has 1 aromatic carbocycles. The van der Waals surface area contributed by atoms with Gasteiger partial charge in [-0.1, -0.05) is 18.2 Å². The predicted molar refractivity (Wildman–Crippen MR) is 224 cm³/mol. The second kappa shape index (κ2) is 18.0. The van der Waals surface area contributed by atoms with Crippen LogP contribution in [0, 0.1) is 17.2 Å². The fourth-order valence-electron chi connectivity index (χ4n) is 6.81. The van der Waals surface area contributed by atoms with Crippen molar-refractivity contribution < 1.29 is 55.4 Å². The van der Waals surface area contributed by atoms with E-state index in [1.165, 1.54) is 10.9 Å². The van der Waals surface area contributed by atoms with Crippen LogP contribution in [0.2, 0.25) is 0 Å². The number of H-pyrrole nitrogens is 1. The van der Waals surface area contributed by atoms with Crippen LogP contribution in [0.1, 0.15) is 43.1 Å². The Kier molecular flexibility index (Phi) is 12.9. The molecule has 7 heterocycles. The van der Waals surface area contributed by atoms with Crippen LogP contribution in [-0.4, -0.2) is 112 Å². The van der Waals surface area contributed by atoms with E-state index in [1.54, 1.807) is 44.2 Å². The van der Waals surface area contributed by atoms with Gasteiger partial charge < -0.3 is 0 Å². The summed E-state index contributed by atoms with van der Waals surface area (Å²) in [6, 6.07) is 10.3. The molecule has 4 N–H and O–H groups in total. The molecule has 0 aliphatic carbocycles. The number of ether oxygens (including phenoxy) is 2. The molecule has 2 amide bonds. The van der Waals surface area contributed by atoms with Crippen LogP contribution in [0.25, 0.3) is 22.3 Å². The van der Waals surface area contributed by atoms with Gasteiger partial charge in [-0.05, 0) is 0 Å². The Morgan fingerprint density at radius 2 is 1.61 bits per heavy atom. The van der Waals surface area contributed by atoms with Crippen LogP contribution < -0.4 is 16.2 Å². The van der Waals surface area contributed by atoms with E-state index in [2.05, 4.69) is 65.0 Å². The molecule has 0 spiro atoms. The average Bonchev–Trinajstić information content (AvgIpc) is 4.01. The Hall–Kier alpha value is -4.35. The van der Waals surface area contributed by atoms with Gasteiger partial charge in [0.05, 0.1) is 0 Å². The second-order valence-corrected chi connectivity index (χ2v) is 21.2. The van der Waals surface area contributed by atoms with Crippen molar-refractivity contribution in [3.8, 4) is 6.07 Å². The number of imidazole rings is 2. The molecule has 8 rings (SSSR count). The van der Waals surface area contributed by atoms with Crippen molar-refractivity contribution in [1.29, 1.82) is 5.26 Å². The SMILES string of the molecule is CC(C)C(=O)Nc1nc2c(ncn2[C@@H]2O[C@@H]3CO[PH](S)(OCCC#N)O[C@H]4[C@@H](F)[C@H](n5cnc6c(NC(=O)c7ccccc7)ncnc65)O[C@@H]4CO[PH](O)(S)O[C@H]3[C@H]2F)c(=O)[nH]1. The number of nitrogens with one attached hydrogen (secondary N) is 3. The van der Waals surface area contributed by atoms with Crippen LogP contribution in [0.3, 0.4) is 0 Å². The van der Waals surface area contributed by atoms with Crippen molar-refractivity contribution in [2.24, 2.45) is 5.92 Å². The summed E-state index contributed by atoms with van der Waals surface area (Å²) in [5, 5.41) is 14.4. The zero-order valence-corrected chi connectivity index (χ0v) is 36.2. The van der Waals surface area contributed by atoms with E-state index in [0.717, 1.165) is 17.2 Å². The van der Waals surface area contributed by atoms with Crippen LogP contribution in [0.5, 0.6) is 0 Å². The number of carbonyl (C=O) groups is 2. The van der Waals surface area contributed by atoms with Crippen LogP contribution in [0.4, 0.5) is 20.5 Å². The van der Waals surface area contributed by atoms with E-state index in [0.29, 0.717) is 5.56 Å². The number of rotatable bonds is 9. The summed E-state index contributed by atoms with van der Waals surface area (Å²) < 4.78 is 77.8. The number of aromatic amines is 1. The maximum atomic E-state index is 16.9. The number of hydrogen-bond acceptors (Lipinski definition) is 19. The summed E-state index contributed by atoms with van der Waals surface area (Å²) in [6.45, 7) is 1.77. The van der Waals surface area contributed by atoms with Crippen LogP contribution >= 0.6 is 38.8 Å². The molecule has 0 radical (unpaired) electrons. The number of anilines is 2. The average molecular weight is 942 g/mol. The molecule has 62 heavy (non-hydrogen) atoms. The summed E-state index contributed by atoms with van der Waals surface area (Å²) in [7, 11) is -9.04. The number of thiol groups is 2. The van der Waals surface area contributed by atoms with E-state index in [9.17, 15) is 24.5 Å². The monoisotopic (exact) mass is 941 g/mol. The summed E-state index contributed by atoms with van der Waals surface area (Å²) in [6.07, 6.45) is -10.00. The summed E-state index contributed by atoms with van der Waals surface area (Å²) >= 11 is 8.83. The van der Waals surface area contributed by atoms with E-state index in [1.807, 2.05) is 6.07 Å². The quantitative estimate of drug-likeness (QED) is 0.0698. The molecular weight excluding hydrogens is 903 g/mol. The molecule has 0 unspecified atom stereocenters. The van der Waals surface area contributed by atoms with Gasteiger partial charge >= 0.3 is 343 Å². The van der Waals surface area contributed by atoms with Gasteiger partial charge in [0.1, 0.15) is 0 Å². The van der Waals surface area contributed by atoms with Gasteiger partial charge in [-0.25, -0.2) is 0 Å². The third-order valence-corrected chi connectivity index (χ3v) is 14.4. The molecule has 0 bridgehead atoms. The Labute approximate surface area is 360 Å². The second-order valence-electron chi connectivity index (χ2n) is 14.4. The molecule has 22 nitrogen and oxygen atoms in total. The number of alkyl halides is 2. The van der Waals surface area contributed by atoms with Gasteiger partial charge in [0.25, 0.3) is 0 Å². The van der Waals surface area contributed by atoms with Crippen LogP contribution in [-0.2, 0) is 36.9 Å². The van der Waals surface area contributed by atoms with Crippen molar-refractivity contribution in [3.63, 3.8) is 0 Å². The summed E-state index contributed by atoms with van der Waals surface area (Å²) in [4.78, 5) is 73.0. The zero-order chi connectivity index (χ0) is 43.9. The van der Waals surface area contributed by atoms with Gasteiger partial charge in [-0.2, -0.15) is 0 Å². The minimum absolute atomic E-state index is 0.0404. The molecule has 332 valence electrons. The third kappa shape index (κ3) is 9.03. The van der Waals surface area contributed by atoms with E-state index in [4.69, 9.17) is 32.1 Å². The van der Waals surface area contributed by atoms with Gasteiger partial charge in [0.2, 0.25) is 0 Å². The molecule has 3 saturated heterocycles. The van der Waals surface area contributed by atoms with Gasteiger partial charge in [-0.15, -0.1) is 0 Å². The number of hydrogen-bond donors (Lipinski definition) is 6. The van der Waals surface area contributed by atoms with Crippen molar-refractivity contribution in [2.45, 2.75) is 69.5 Å². The van der Waals surface area contributed by atoms with Gasteiger partial charge in [0, 0.05) is 0 Å².